The number of hydrogen-bond donors (Lipinski definition) is 2. The molecule has 0 spiro atoms. The first-order chi connectivity index (χ1) is 17.0. The van der Waals surface area contributed by atoms with Gasteiger partial charge in [-0.25, -0.2) is 0 Å². The number of ether oxygens (including phenoxy) is 2. The largest absolute Gasteiger partial charge is 0.489 e. The number of nitrogens with two attached hydrogens (primary N) is 1. The highest BCUT2D eigenvalue weighted by Gasteiger charge is 2.21. The summed E-state index contributed by atoms with van der Waals surface area (Å²) in [4.78, 5) is 13.1. The number of carbonyl (C=O) groups is 1. The smallest absolute Gasteiger partial charge is 0.251 e. The summed E-state index contributed by atoms with van der Waals surface area (Å²) in [6.45, 7) is 0.271. The zero-order chi connectivity index (χ0) is 24.6. The summed E-state index contributed by atoms with van der Waals surface area (Å²) in [7, 11) is 0. The van der Waals surface area contributed by atoms with Crippen LogP contribution in [0.5, 0.6) is 17.2 Å². The SMILES string of the molecule is N#Cc1ccc(COc2cc(Oc3ccc(C#N)cc3)cc(C(=O)NC3CCC(N)CC3)c2)cc1. The molecule has 3 aromatic carbocycles. The Morgan fingerprint density at radius 2 is 1.46 bits per heavy atom. The topological polar surface area (TPSA) is 121 Å². The first kappa shape index (κ1) is 23.8. The van der Waals surface area contributed by atoms with E-state index < -0.39 is 0 Å². The molecule has 0 aromatic heterocycles. The van der Waals surface area contributed by atoms with Gasteiger partial charge in [0.25, 0.3) is 5.91 Å². The Labute approximate surface area is 204 Å². The van der Waals surface area contributed by atoms with Crippen LogP contribution in [0.3, 0.4) is 0 Å². The minimum absolute atomic E-state index is 0.0911. The minimum atomic E-state index is -0.195. The molecule has 1 aliphatic rings. The van der Waals surface area contributed by atoms with Gasteiger partial charge in [-0.2, -0.15) is 10.5 Å². The molecular weight excluding hydrogens is 440 g/mol. The number of carbonyl (C=O) groups excluding carboxylic acids is 1. The highest BCUT2D eigenvalue weighted by Crippen LogP contribution is 2.29. The summed E-state index contributed by atoms with van der Waals surface area (Å²) in [6, 6.07) is 23.4. The zero-order valence-corrected chi connectivity index (χ0v) is 19.2. The molecule has 7 nitrogen and oxygen atoms in total. The Morgan fingerprint density at radius 1 is 0.857 bits per heavy atom. The van der Waals surface area contributed by atoms with Crippen molar-refractivity contribution < 1.29 is 14.3 Å². The summed E-state index contributed by atoms with van der Waals surface area (Å²) >= 11 is 0. The van der Waals surface area contributed by atoms with Crippen LogP contribution in [0.2, 0.25) is 0 Å². The predicted molar refractivity (Wildman–Crippen MR) is 131 cm³/mol. The maximum atomic E-state index is 13.1. The van der Waals surface area contributed by atoms with Crippen LogP contribution in [0, 0.1) is 22.7 Å². The van der Waals surface area contributed by atoms with Gasteiger partial charge in [-0.3, -0.25) is 4.79 Å². The average molecular weight is 467 g/mol. The molecule has 35 heavy (non-hydrogen) atoms. The van der Waals surface area contributed by atoms with E-state index in [-0.39, 0.29) is 24.6 Å². The van der Waals surface area contributed by atoms with E-state index in [1.807, 2.05) is 12.1 Å². The van der Waals surface area contributed by atoms with Gasteiger partial charge in [-0.1, -0.05) is 12.1 Å². The monoisotopic (exact) mass is 466 g/mol. The second kappa shape index (κ2) is 11.2. The second-order valence-electron chi connectivity index (χ2n) is 8.61. The fourth-order valence-corrected chi connectivity index (χ4v) is 3.95. The van der Waals surface area contributed by atoms with Gasteiger partial charge < -0.3 is 20.5 Å². The van der Waals surface area contributed by atoms with Gasteiger partial charge in [0.1, 0.15) is 23.9 Å². The quantitative estimate of drug-likeness (QED) is 0.516. The van der Waals surface area contributed by atoms with Crippen molar-refractivity contribution in [2.75, 3.05) is 0 Å². The molecular formula is C28H26N4O3. The number of rotatable bonds is 7. The van der Waals surface area contributed by atoms with Crippen LogP contribution in [0.25, 0.3) is 0 Å². The van der Waals surface area contributed by atoms with Crippen molar-refractivity contribution in [1.29, 1.82) is 10.5 Å². The third-order valence-corrected chi connectivity index (χ3v) is 5.96. The van der Waals surface area contributed by atoms with E-state index in [4.69, 9.17) is 25.7 Å². The lowest BCUT2D eigenvalue weighted by Crippen LogP contribution is -2.40. The summed E-state index contributed by atoms with van der Waals surface area (Å²) < 4.78 is 11.9. The van der Waals surface area contributed by atoms with Crippen LogP contribution in [0.1, 0.15) is 52.7 Å². The lowest BCUT2D eigenvalue weighted by atomic mass is 9.91. The highest BCUT2D eigenvalue weighted by atomic mass is 16.5. The number of amides is 1. The first-order valence-electron chi connectivity index (χ1n) is 11.5. The first-order valence-corrected chi connectivity index (χ1v) is 11.5. The van der Waals surface area contributed by atoms with Crippen LogP contribution in [0.15, 0.2) is 66.7 Å². The van der Waals surface area contributed by atoms with Crippen LogP contribution in [-0.4, -0.2) is 18.0 Å². The normalized spacial score (nSPS) is 17.0. The summed E-state index contributed by atoms with van der Waals surface area (Å²) in [5.41, 5.74) is 8.42. The molecule has 4 rings (SSSR count). The van der Waals surface area contributed by atoms with E-state index in [0.29, 0.717) is 33.9 Å². The minimum Gasteiger partial charge on any atom is -0.489 e. The van der Waals surface area contributed by atoms with E-state index in [1.54, 1.807) is 54.6 Å². The Balaban J connectivity index is 1.53. The van der Waals surface area contributed by atoms with E-state index in [2.05, 4.69) is 17.5 Å². The molecule has 176 valence electrons. The number of nitrogens with one attached hydrogen (secondary N) is 1. The van der Waals surface area contributed by atoms with Crippen molar-refractivity contribution in [3.8, 4) is 29.4 Å². The summed E-state index contributed by atoms with van der Waals surface area (Å²) in [6.07, 6.45) is 3.50. The van der Waals surface area contributed by atoms with Gasteiger partial charge in [0.15, 0.2) is 0 Å². The Kier molecular flexibility index (Phi) is 7.62. The lowest BCUT2D eigenvalue weighted by Gasteiger charge is -2.26. The molecule has 3 aromatic rings. The molecule has 7 heteroatoms. The predicted octanol–water partition coefficient (Wildman–Crippen LogP) is 4.80. The van der Waals surface area contributed by atoms with Gasteiger partial charge in [0.2, 0.25) is 0 Å². The van der Waals surface area contributed by atoms with Crippen molar-refractivity contribution >= 4 is 5.91 Å². The average Bonchev–Trinajstić information content (AvgIpc) is 2.89. The Morgan fingerprint density at radius 3 is 2.09 bits per heavy atom. The van der Waals surface area contributed by atoms with Crippen molar-refractivity contribution in [3.05, 3.63) is 89.0 Å². The second-order valence-corrected chi connectivity index (χ2v) is 8.61. The number of hydrogen-bond acceptors (Lipinski definition) is 6. The van der Waals surface area contributed by atoms with Crippen molar-refractivity contribution in [1.82, 2.24) is 5.32 Å². The van der Waals surface area contributed by atoms with Gasteiger partial charge in [0, 0.05) is 23.7 Å². The lowest BCUT2D eigenvalue weighted by molar-refractivity contribution is 0.0925. The van der Waals surface area contributed by atoms with Crippen LogP contribution in [-0.2, 0) is 6.61 Å². The summed E-state index contributed by atoms with van der Waals surface area (Å²) in [5, 5.41) is 21.1. The maximum absolute atomic E-state index is 13.1. The Bertz CT molecular complexity index is 1250. The van der Waals surface area contributed by atoms with E-state index in [1.165, 1.54) is 0 Å². The highest BCUT2D eigenvalue weighted by molar-refractivity contribution is 5.95. The molecule has 1 saturated carbocycles. The third-order valence-electron chi connectivity index (χ3n) is 5.96. The Hall–Kier alpha value is -4.33. The van der Waals surface area contributed by atoms with Crippen LogP contribution >= 0.6 is 0 Å². The van der Waals surface area contributed by atoms with Gasteiger partial charge in [-0.05, 0) is 79.8 Å². The third kappa shape index (κ3) is 6.60. The maximum Gasteiger partial charge on any atom is 0.251 e. The standard InChI is InChI=1S/C28H26N4O3/c29-16-19-1-3-21(4-2-19)18-34-26-13-22(28(33)32-24-9-7-23(31)8-10-24)14-27(15-26)35-25-11-5-20(17-30)6-12-25/h1-6,11-15,23-24H,7-10,18,31H2,(H,32,33). The molecule has 0 atom stereocenters. The van der Waals surface area contributed by atoms with Crippen LogP contribution < -0.4 is 20.5 Å². The van der Waals surface area contributed by atoms with Crippen LogP contribution in [0.4, 0.5) is 0 Å². The molecule has 1 fully saturated rings. The molecule has 1 amide bonds. The van der Waals surface area contributed by atoms with Crippen molar-refractivity contribution in [2.45, 2.75) is 44.4 Å². The molecule has 0 unspecified atom stereocenters. The summed E-state index contributed by atoms with van der Waals surface area (Å²) in [5.74, 6) is 1.28. The molecule has 0 heterocycles. The van der Waals surface area contributed by atoms with E-state index >= 15 is 0 Å². The van der Waals surface area contributed by atoms with Gasteiger partial charge in [-0.15, -0.1) is 0 Å². The fraction of sp³-hybridized carbons (Fsp3) is 0.250. The molecule has 0 aliphatic heterocycles. The number of nitrogens with zero attached hydrogens (tertiary/aromatic N) is 2. The molecule has 3 N–H and O–H groups in total. The molecule has 0 saturated heterocycles. The van der Waals surface area contributed by atoms with Crippen molar-refractivity contribution in [3.63, 3.8) is 0 Å². The zero-order valence-electron chi connectivity index (χ0n) is 19.2. The van der Waals surface area contributed by atoms with E-state index in [0.717, 1.165) is 31.2 Å². The molecule has 0 bridgehead atoms. The van der Waals surface area contributed by atoms with E-state index in [9.17, 15) is 4.79 Å². The number of nitriles is 2. The fourth-order valence-electron chi connectivity index (χ4n) is 3.95. The van der Waals surface area contributed by atoms with Gasteiger partial charge >= 0.3 is 0 Å². The van der Waals surface area contributed by atoms with Gasteiger partial charge in [0.05, 0.1) is 23.3 Å². The van der Waals surface area contributed by atoms with Crippen molar-refractivity contribution in [2.24, 2.45) is 5.73 Å². The number of benzene rings is 3. The molecule has 1 aliphatic carbocycles. The molecule has 0 radical (unpaired) electrons.